The quantitative estimate of drug-likeness (QED) is 0.536. The van der Waals surface area contributed by atoms with Crippen molar-refractivity contribution in [3.63, 3.8) is 0 Å². The number of esters is 1. The second-order valence-electron chi connectivity index (χ2n) is 4.20. The third-order valence-corrected chi connectivity index (χ3v) is 2.85. The normalized spacial score (nSPS) is 17.9. The molecule has 1 aliphatic carbocycles. The van der Waals surface area contributed by atoms with Crippen LogP contribution in [0.5, 0.6) is 0 Å². The van der Waals surface area contributed by atoms with Gasteiger partial charge in [-0.15, -0.1) is 0 Å². The summed E-state index contributed by atoms with van der Waals surface area (Å²) in [5, 5.41) is 0. The summed E-state index contributed by atoms with van der Waals surface area (Å²) in [5.74, 6) is -0.245. The molecule has 0 radical (unpaired) electrons. The second-order valence-corrected chi connectivity index (χ2v) is 4.20. The lowest BCUT2D eigenvalue weighted by atomic mass is 9.96. The molecule has 2 heteroatoms. The van der Waals surface area contributed by atoms with E-state index in [9.17, 15) is 4.79 Å². The number of carbonyl (C=O) groups is 1. The number of rotatable bonds is 3. The molecule has 0 aromatic carbocycles. The molecule has 0 atom stereocenters. The maximum Gasteiger partial charge on any atom is 0.330 e. The van der Waals surface area contributed by atoms with Gasteiger partial charge >= 0.3 is 5.97 Å². The highest BCUT2D eigenvalue weighted by atomic mass is 16.5. The summed E-state index contributed by atoms with van der Waals surface area (Å²) >= 11 is 0. The fourth-order valence-corrected chi connectivity index (χ4v) is 1.98. The molecule has 90 valence electrons. The number of allylic oxidation sites excluding steroid dienone is 3. The lowest BCUT2D eigenvalue weighted by molar-refractivity contribution is -0.137. The van der Waals surface area contributed by atoms with Crippen LogP contribution < -0.4 is 0 Å². The van der Waals surface area contributed by atoms with Crippen molar-refractivity contribution in [2.75, 3.05) is 6.61 Å². The highest BCUT2D eigenvalue weighted by Crippen LogP contribution is 2.21. The van der Waals surface area contributed by atoms with Gasteiger partial charge in [0, 0.05) is 6.08 Å². The van der Waals surface area contributed by atoms with Gasteiger partial charge in [-0.3, -0.25) is 0 Å². The molecule has 1 rings (SSSR count). The zero-order valence-corrected chi connectivity index (χ0v) is 10.2. The van der Waals surface area contributed by atoms with E-state index in [0.29, 0.717) is 6.61 Å². The molecule has 0 N–H and O–H groups in total. The van der Waals surface area contributed by atoms with Crippen molar-refractivity contribution in [2.45, 2.75) is 51.9 Å². The Labute approximate surface area is 98.4 Å². The van der Waals surface area contributed by atoms with Crippen molar-refractivity contribution >= 4 is 5.97 Å². The van der Waals surface area contributed by atoms with E-state index < -0.39 is 0 Å². The molecule has 0 aliphatic heterocycles. The zero-order valence-electron chi connectivity index (χ0n) is 10.2. The van der Waals surface area contributed by atoms with E-state index in [1.807, 2.05) is 13.0 Å². The van der Waals surface area contributed by atoms with Crippen LogP contribution >= 0.6 is 0 Å². The Morgan fingerprint density at radius 2 is 1.81 bits per heavy atom. The second kappa shape index (κ2) is 8.14. The van der Waals surface area contributed by atoms with E-state index in [1.165, 1.54) is 56.6 Å². The monoisotopic (exact) mass is 222 g/mol. The van der Waals surface area contributed by atoms with Gasteiger partial charge in [0.15, 0.2) is 0 Å². The molecular formula is C14H22O2. The smallest absolute Gasteiger partial charge is 0.330 e. The number of hydrogen-bond acceptors (Lipinski definition) is 2. The van der Waals surface area contributed by atoms with Crippen molar-refractivity contribution in [3.8, 4) is 0 Å². The van der Waals surface area contributed by atoms with Gasteiger partial charge < -0.3 is 4.74 Å². The molecule has 0 spiro atoms. The van der Waals surface area contributed by atoms with Crippen LogP contribution in [0.25, 0.3) is 0 Å². The summed E-state index contributed by atoms with van der Waals surface area (Å²) in [7, 11) is 0. The first-order valence-electron chi connectivity index (χ1n) is 6.36. The third kappa shape index (κ3) is 5.74. The van der Waals surface area contributed by atoms with Gasteiger partial charge in [0.1, 0.15) is 0 Å². The molecular weight excluding hydrogens is 200 g/mol. The number of hydrogen-bond donors (Lipinski definition) is 0. The molecule has 2 nitrogen and oxygen atoms in total. The highest BCUT2D eigenvalue weighted by Gasteiger charge is 2.02. The van der Waals surface area contributed by atoms with E-state index in [2.05, 4.69) is 6.08 Å². The summed E-state index contributed by atoms with van der Waals surface area (Å²) in [5.41, 5.74) is 1.47. The summed E-state index contributed by atoms with van der Waals surface area (Å²) in [6.07, 6.45) is 14.5. The first-order valence-corrected chi connectivity index (χ1v) is 6.36. The minimum atomic E-state index is -0.245. The maximum atomic E-state index is 11.1. The molecule has 0 unspecified atom stereocenters. The van der Waals surface area contributed by atoms with Crippen molar-refractivity contribution in [2.24, 2.45) is 0 Å². The summed E-state index contributed by atoms with van der Waals surface area (Å²) < 4.78 is 4.82. The van der Waals surface area contributed by atoms with Gasteiger partial charge in [-0.1, -0.05) is 37.0 Å². The fraction of sp³-hybridized carbons (Fsp3) is 0.643. The van der Waals surface area contributed by atoms with Gasteiger partial charge in [-0.2, -0.15) is 0 Å². The fourth-order valence-electron chi connectivity index (χ4n) is 1.98. The van der Waals surface area contributed by atoms with E-state index in [-0.39, 0.29) is 5.97 Å². The van der Waals surface area contributed by atoms with Crippen molar-refractivity contribution in [3.05, 3.63) is 23.8 Å². The van der Waals surface area contributed by atoms with Crippen LogP contribution in [-0.2, 0) is 9.53 Å². The van der Waals surface area contributed by atoms with Crippen molar-refractivity contribution in [1.29, 1.82) is 0 Å². The zero-order chi connectivity index (χ0) is 11.6. The average molecular weight is 222 g/mol. The molecule has 0 bridgehead atoms. The maximum absolute atomic E-state index is 11.1. The van der Waals surface area contributed by atoms with Gasteiger partial charge in [0.05, 0.1) is 6.61 Å². The summed E-state index contributed by atoms with van der Waals surface area (Å²) in [6.45, 7) is 2.26. The highest BCUT2D eigenvalue weighted by molar-refractivity contribution is 5.82. The van der Waals surface area contributed by atoms with E-state index in [1.54, 1.807) is 0 Å². The Morgan fingerprint density at radius 3 is 2.44 bits per heavy atom. The number of carbonyl (C=O) groups excluding carboxylic acids is 1. The summed E-state index contributed by atoms with van der Waals surface area (Å²) in [6, 6.07) is 0. The molecule has 1 saturated carbocycles. The predicted molar refractivity (Wildman–Crippen MR) is 66.2 cm³/mol. The van der Waals surface area contributed by atoms with Crippen LogP contribution in [0.3, 0.4) is 0 Å². The van der Waals surface area contributed by atoms with Crippen LogP contribution in [0, 0.1) is 0 Å². The topological polar surface area (TPSA) is 26.3 Å². The Hall–Kier alpha value is -1.05. The Kier molecular flexibility index (Phi) is 6.62. The summed E-state index contributed by atoms with van der Waals surface area (Å²) in [4.78, 5) is 11.1. The van der Waals surface area contributed by atoms with Gasteiger partial charge in [-0.25, -0.2) is 4.79 Å². The van der Waals surface area contributed by atoms with Crippen LogP contribution in [0.4, 0.5) is 0 Å². The standard InChI is InChI=1S/C14H22O2/c1-2-16-14(15)12-8-11-13-9-6-4-3-5-7-10-13/h8,11-12H,2-7,9-10H2,1H3. The van der Waals surface area contributed by atoms with Gasteiger partial charge in [0.25, 0.3) is 0 Å². The first-order chi connectivity index (χ1) is 7.83. The Balaban J connectivity index is 2.38. The largest absolute Gasteiger partial charge is 0.463 e. The molecule has 0 saturated heterocycles. The Bertz CT molecular complexity index is 254. The molecule has 0 aromatic heterocycles. The van der Waals surface area contributed by atoms with Crippen LogP contribution in [-0.4, -0.2) is 12.6 Å². The van der Waals surface area contributed by atoms with E-state index in [0.717, 1.165) is 0 Å². The molecule has 0 aromatic rings. The average Bonchev–Trinajstić information content (AvgIpc) is 2.21. The molecule has 0 amide bonds. The van der Waals surface area contributed by atoms with Crippen LogP contribution in [0.15, 0.2) is 23.8 Å². The molecule has 0 heterocycles. The van der Waals surface area contributed by atoms with Crippen LogP contribution in [0.1, 0.15) is 51.9 Å². The molecule has 1 aliphatic rings. The lowest BCUT2D eigenvalue weighted by Gasteiger charge is -2.10. The predicted octanol–water partition coefficient (Wildman–Crippen LogP) is 3.78. The Morgan fingerprint density at radius 1 is 1.19 bits per heavy atom. The molecule has 1 fully saturated rings. The lowest BCUT2D eigenvalue weighted by Crippen LogP contribution is -1.98. The van der Waals surface area contributed by atoms with Crippen LogP contribution in [0.2, 0.25) is 0 Å². The van der Waals surface area contributed by atoms with E-state index in [4.69, 9.17) is 4.74 Å². The van der Waals surface area contributed by atoms with Gasteiger partial charge in [0.2, 0.25) is 0 Å². The van der Waals surface area contributed by atoms with E-state index >= 15 is 0 Å². The first kappa shape index (κ1) is 13.0. The number of ether oxygens (including phenoxy) is 1. The minimum Gasteiger partial charge on any atom is -0.463 e. The minimum absolute atomic E-state index is 0.245. The van der Waals surface area contributed by atoms with Gasteiger partial charge in [-0.05, 0) is 32.6 Å². The third-order valence-electron chi connectivity index (χ3n) is 2.85. The SMILES string of the molecule is CCOC(=O)C=CC=C1CCCCCCC1. The molecule has 16 heavy (non-hydrogen) atoms. The van der Waals surface area contributed by atoms with Crippen molar-refractivity contribution in [1.82, 2.24) is 0 Å². The van der Waals surface area contributed by atoms with Crippen molar-refractivity contribution < 1.29 is 9.53 Å².